The molecule has 8 heteroatoms. The van der Waals surface area contributed by atoms with Gasteiger partial charge in [-0.1, -0.05) is 12.8 Å². The Morgan fingerprint density at radius 3 is 2.40 bits per heavy atom. The summed E-state index contributed by atoms with van der Waals surface area (Å²) in [4.78, 5) is 22.9. The molecular formula is C17H30IN5O2. The maximum atomic E-state index is 12.6. The number of aryl methyl sites for hydroxylation is 2. The van der Waals surface area contributed by atoms with Crippen LogP contribution in [0.2, 0.25) is 0 Å². The van der Waals surface area contributed by atoms with Crippen molar-refractivity contribution in [2.45, 2.75) is 46.1 Å². The molecule has 1 saturated carbocycles. The zero-order valence-corrected chi connectivity index (χ0v) is 18.1. The normalized spacial score (nSPS) is 16.3. The minimum Gasteiger partial charge on any atom is -0.444 e. The smallest absolute Gasteiger partial charge is 0.230 e. The van der Waals surface area contributed by atoms with E-state index >= 15 is 0 Å². The number of halogens is 1. The largest absolute Gasteiger partial charge is 0.444 e. The minimum atomic E-state index is -0.322. The van der Waals surface area contributed by atoms with Crippen LogP contribution in [0.3, 0.4) is 0 Å². The molecular weight excluding hydrogens is 433 g/mol. The fraction of sp³-hybridized carbons (Fsp3) is 0.706. The van der Waals surface area contributed by atoms with Gasteiger partial charge >= 0.3 is 0 Å². The van der Waals surface area contributed by atoms with E-state index in [-0.39, 0.29) is 35.3 Å². The third kappa shape index (κ3) is 5.32. The zero-order chi connectivity index (χ0) is 17.7. The molecule has 25 heavy (non-hydrogen) atoms. The van der Waals surface area contributed by atoms with E-state index in [1.54, 1.807) is 11.9 Å². The van der Waals surface area contributed by atoms with E-state index in [0.29, 0.717) is 24.9 Å². The lowest BCUT2D eigenvalue weighted by Gasteiger charge is -2.31. The molecule has 0 radical (unpaired) electrons. The van der Waals surface area contributed by atoms with Crippen LogP contribution in [0.5, 0.6) is 0 Å². The predicted octanol–water partition coefficient (Wildman–Crippen LogP) is 2.22. The van der Waals surface area contributed by atoms with Gasteiger partial charge in [0.15, 0.2) is 5.96 Å². The van der Waals surface area contributed by atoms with Gasteiger partial charge in [-0.05, 0) is 26.7 Å². The van der Waals surface area contributed by atoms with Crippen LogP contribution in [0.4, 0.5) is 0 Å². The molecule has 1 fully saturated rings. The standard InChI is InChI=1S/C17H29N5O2.HI/c1-12-13(2)24-14(21-12)10-19-16(18-3)20-11-17(8-6-7-9-17)15(23)22(4)5;/h6-11H2,1-5H3,(H2,18,19,20);1H. The first-order valence-corrected chi connectivity index (χ1v) is 8.47. The second kappa shape index (κ2) is 9.40. The highest BCUT2D eigenvalue weighted by Crippen LogP contribution is 2.38. The number of oxazole rings is 1. The van der Waals surface area contributed by atoms with Gasteiger partial charge in [0.1, 0.15) is 5.76 Å². The molecule has 1 heterocycles. The molecule has 1 aromatic rings. The van der Waals surface area contributed by atoms with Gasteiger partial charge in [0.05, 0.1) is 17.7 Å². The minimum absolute atomic E-state index is 0. The van der Waals surface area contributed by atoms with Crippen LogP contribution < -0.4 is 10.6 Å². The highest BCUT2D eigenvalue weighted by molar-refractivity contribution is 14.0. The quantitative estimate of drug-likeness (QED) is 0.398. The van der Waals surface area contributed by atoms with Crippen LogP contribution in [0.25, 0.3) is 0 Å². The lowest BCUT2D eigenvalue weighted by molar-refractivity contribution is -0.138. The van der Waals surface area contributed by atoms with Gasteiger partial charge in [-0.3, -0.25) is 9.79 Å². The van der Waals surface area contributed by atoms with Crippen molar-refractivity contribution in [2.75, 3.05) is 27.7 Å². The lowest BCUT2D eigenvalue weighted by atomic mass is 9.84. The molecule has 0 aliphatic heterocycles. The van der Waals surface area contributed by atoms with Crippen LogP contribution in [0, 0.1) is 19.3 Å². The van der Waals surface area contributed by atoms with Crippen molar-refractivity contribution in [3.05, 3.63) is 17.3 Å². The average molecular weight is 463 g/mol. The number of nitrogens with one attached hydrogen (secondary N) is 2. The van der Waals surface area contributed by atoms with Crippen molar-refractivity contribution in [3.63, 3.8) is 0 Å². The Kier molecular flexibility index (Phi) is 8.17. The van der Waals surface area contributed by atoms with E-state index in [4.69, 9.17) is 4.42 Å². The van der Waals surface area contributed by atoms with E-state index < -0.39 is 0 Å². The first-order valence-electron chi connectivity index (χ1n) is 8.47. The Morgan fingerprint density at radius 2 is 1.92 bits per heavy atom. The number of amides is 1. The fourth-order valence-corrected chi connectivity index (χ4v) is 3.24. The number of rotatable bonds is 5. The number of hydrogen-bond donors (Lipinski definition) is 2. The maximum absolute atomic E-state index is 12.6. The van der Waals surface area contributed by atoms with Crippen LogP contribution in [-0.4, -0.2) is 49.4 Å². The van der Waals surface area contributed by atoms with Gasteiger partial charge in [0, 0.05) is 27.7 Å². The molecule has 7 nitrogen and oxygen atoms in total. The van der Waals surface area contributed by atoms with Crippen molar-refractivity contribution in [3.8, 4) is 0 Å². The lowest BCUT2D eigenvalue weighted by Crippen LogP contribution is -2.49. The zero-order valence-electron chi connectivity index (χ0n) is 15.8. The van der Waals surface area contributed by atoms with Gasteiger partial charge in [-0.25, -0.2) is 4.98 Å². The van der Waals surface area contributed by atoms with Crippen molar-refractivity contribution >= 4 is 35.8 Å². The molecule has 0 bridgehead atoms. The second-order valence-electron chi connectivity index (χ2n) is 6.72. The Bertz CT molecular complexity index is 587. The van der Waals surface area contributed by atoms with Crippen LogP contribution in [0.1, 0.15) is 43.0 Å². The SMILES string of the molecule is CN=C(NCc1nc(C)c(C)o1)NCC1(C(=O)N(C)C)CCCC1.I. The number of guanidine groups is 1. The Hall–Kier alpha value is -1.32. The number of nitrogens with zero attached hydrogens (tertiary/aromatic N) is 3. The van der Waals surface area contributed by atoms with E-state index in [9.17, 15) is 4.79 Å². The van der Waals surface area contributed by atoms with Crippen LogP contribution >= 0.6 is 24.0 Å². The predicted molar refractivity (Wildman–Crippen MR) is 109 cm³/mol. The first-order chi connectivity index (χ1) is 11.4. The number of carbonyl (C=O) groups excluding carboxylic acids is 1. The van der Waals surface area contributed by atoms with E-state index in [0.717, 1.165) is 37.1 Å². The maximum Gasteiger partial charge on any atom is 0.230 e. The Balaban J connectivity index is 0.00000312. The molecule has 0 aromatic carbocycles. The van der Waals surface area contributed by atoms with E-state index in [1.807, 2.05) is 27.9 Å². The summed E-state index contributed by atoms with van der Waals surface area (Å²) in [5.41, 5.74) is 0.577. The summed E-state index contributed by atoms with van der Waals surface area (Å²) >= 11 is 0. The highest BCUT2D eigenvalue weighted by atomic mass is 127. The number of hydrogen-bond acceptors (Lipinski definition) is 4. The molecule has 2 rings (SSSR count). The first kappa shape index (κ1) is 21.7. The third-order valence-electron chi connectivity index (χ3n) is 4.72. The summed E-state index contributed by atoms with van der Waals surface area (Å²) < 4.78 is 5.56. The van der Waals surface area contributed by atoms with Crippen molar-refractivity contribution in [1.29, 1.82) is 0 Å². The Labute approximate surface area is 167 Å². The van der Waals surface area contributed by atoms with E-state index in [1.165, 1.54) is 0 Å². The summed E-state index contributed by atoms with van der Waals surface area (Å²) in [6.07, 6.45) is 4.04. The Morgan fingerprint density at radius 1 is 1.28 bits per heavy atom. The molecule has 2 N–H and O–H groups in total. The molecule has 0 saturated heterocycles. The number of carbonyl (C=O) groups is 1. The summed E-state index contributed by atoms with van der Waals surface area (Å²) in [6, 6.07) is 0. The molecule has 1 aliphatic carbocycles. The number of aromatic nitrogens is 1. The van der Waals surface area contributed by atoms with Crippen molar-refractivity contribution in [2.24, 2.45) is 10.4 Å². The fourth-order valence-electron chi connectivity index (χ4n) is 3.24. The van der Waals surface area contributed by atoms with Gasteiger partial charge in [-0.2, -0.15) is 0 Å². The summed E-state index contributed by atoms with van der Waals surface area (Å²) in [5.74, 6) is 2.31. The second-order valence-corrected chi connectivity index (χ2v) is 6.72. The topological polar surface area (TPSA) is 82.8 Å². The van der Waals surface area contributed by atoms with Crippen molar-refractivity contribution in [1.82, 2.24) is 20.5 Å². The van der Waals surface area contributed by atoms with Gasteiger partial charge in [-0.15, -0.1) is 24.0 Å². The monoisotopic (exact) mass is 463 g/mol. The molecule has 0 unspecified atom stereocenters. The van der Waals surface area contributed by atoms with Crippen LogP contribution in [0.15, 0.2) is 9.41 Å². The molecule has 142 valence electrons. The summed E-state index contributed by atoms with van der Waals surface area (Å²) in [5, 5.41) is 6.49. The molecule has 1 aromatic heterocycles. The summed E-state index contributed by atoms with van der Waals surface area (Å²) in [7, 11) is 5.36. The van der Waals surface area contributed by atoms with Gasteiger partial charge < -0.3 is 20.0 Å². The average Bonchev–Trinajstić information content (AvgIpc) is 3.15. The number of aliphatic imine (C=N–C) groups is 1. The molecule has 1 amide bonds. The molecule has 0 spiro atoms. The highest BCUT2D eigenvalue weighted by Gasteiger charge is 2.42. The molecule has 0 atom stereocenters. The van der Waals surface area contributed by atoms with Gasteiger partial charge in [0.25, 0.3) is 0 Å². The van der Waals surface area contributed by atoms with Crippen LogP contribution in [-0.2, 0) is 11.3 Å². The van der Waals surface area contributed by atoms with Crippen molar-refractivity contribution < 1.29 is 9.21 Å². The molecule has 1 aliphatic rings. The summed E-state index contributed by atoms with van der Waals surface area (Å²) in [6.45, 7) is 4.87. The third-order valence-corrected chi connectivity index (χ3v) is 4.72. The van der Waals surface area contributed by atoms with Gasteiger partial charge in [0.2, 0.25) is 11.8 Å². The van der Waals surface area contributed by atoms with E-state index in [2.05, 4.69) is 20.6 Å².